The Kier molecular flexibility index (Phi) is 5.31. The largest absolute Gasteiger partial charge is 0.356 e. The smallest absolute Gasteiger partial charge is 0.253 e. The summed E-state index contributed by atoms with van der Waals surface area (Å²) >= 11 is 0. The molecule has 1 N–H and O–H groups in total. The molecule has 0 saturated heterocycles. The van der Waals surface area contributed by atoms with Gasteiger partial charge in [0.05, 0.1) is 17.7 Å². The van der Waals surface area contributed by atoms with Gasteiger partial charge >= 0.3 is 0 Å². The van der Waals surface area contributed by atoms with Crippen molar-refractivity contribution in [3.8, 4) is 0 Å². The zero-order chi connectivity index (χ0) is 18.7. The number of aryl methyl sites for hydroxylation is 3. The van der Waals surface area contributed by atoms with Crippen LogP contribution in [0.25, 0.3) is 6.08 Å². The Labute approximate surface area is 153 Å². The first-order valence-corrected chi connectivity index (χ1v) is 8.96. The molecular weight excluding hydrogens is 324 g/mol. The summed E-state index contributed by atoms with van der Waals surface area (Å²) in [5.74, 6) is -0.430. The van der Waals surface area contributed by atoms with Crippen molar-refractivity contribution in [1.82, 2.24) is 5.32 Å². The molecule has 0 bridgehead atoms. The molecule has 3 rings (SSSR count). The summed E-state index contributed by atoms with van der Waals surface area (Å²) < 4.78 is 0. The van der Waals surface area contributed by atoms with Crippen LogP contribution in [0, 0.1) is 26.7 Å². The van der Waals surface area contributed by atoms with E-state index < -0.39 is 0 Å². The molecule has 1 aliphatic rings. The molecular formula is C22H24N2O2. The lowest BCUT2D eigenvalue weighted by Gasteiger charge is -2.13. The van der Waals surface area contributed by atoms with Crippen LogP contribution in [-0.4, -0.2) is 18.4 Å². The van der Waals surface area contributed by atoms with Crippen molar-refractivity contribution >= 4 is 17.9 Å². The van der Waals surface area contributed by atoms with Gasteiger partial charge < -0.3 is 5.32 Å². The molecule has 4 nitrogen and oxygen atoms in total. The fourth-order valence-corrected chi connectivity index (χ4v) is 3.19. The van der Waals surface area contributed by atoms with Gasteiger partial charge in [0.2, 0.25) is 5.91 Å². The molecule has 0 spiro atoms. The third-order valence-corrected chi connectivity index (χ3v) is 4.80. The summed E-state index contributed by atoms with van der Waals surface area (Å²) in [4.78, 5) is 28.6. The summed E-state index contributed by atoms with van der Waals surface area (Å²) in [6, 6.07) is 12.0. The van der Waals surface area contributed by atoms with Gasteiger partial charge in [-0.2, -0.15) is 0 Å². The first kappa shape index (κ1) is 18.1. The molecule has 2 amide bonds. The Bertz CT molecular complexity index is 976. The molecule has 0 aromatic heterocycles. The third-order valence-electron chi connectivity index (χ3n) is 4.80. The van der Waals surface area contributed by atoms with Gasteiger partial charge in [-0.3, -0.25) is 9.59 Å². The molecule has 2 aromatic rings. The van der Waals surface area contributed by atoms with E-state index in [-0.39, 0.29) is 17.7 Å². The van der Waals surface area contributed by atoms with Gasteiger partial charge in [0.1, 0.15) is 0 Å². The van der Waals surface area contributed by atoms with Crippen LogP contribution in [-0.2, 0) is 16.0 Å². The molecule has 1 aliphatic heterocycles. The number of nitrogens with one attached hydrogen (secondary N) is 1. The fraction of sp³-hybridized carbons (Fsp3) is 0.318. The lowest BCUT2D eigenvalue weighted by molar-refractivity contribution is -0.122. The van der Waals surface area contributed by atoms with E-state index in [4.69, 9.17) is 0 Å². The number of carbonyl (C=O) groups excluding carboxylic acids is 2. The van der Waals surface area contributed by atoms with Crippen LogP contribution >= 0.6 is 0 Å². The van der Waals surface area contributed by atoms with E-state index >= 15 is 0 Å². The summed E-state index contributed by atoms with van der Waals surface area (Å²) in [6.07, 6.45) is 2.90. The third kappa shape index (κ3) is 4.26. The number of amides is 2. The molecule has 0 saturated carbocycles. The number of hydrogen-bond donors (Lipinski definition) is 1. The Balaban J connectivity index is 1.59. The number of hydrogen-bond acceptors (Lipinski definition) is 2. The normalized spacial score (nSPS) is 15.7. The van der Waals surface area contributed by atoms with Crippen LogP contribution in [0.15, 0.2) is 41.4 Å². The Morgan fingerprint density at radius 2 is 1.88 bits per heavy atom. The maximum absolute atomic E-state index is 12.2. The van der Waals surface area contributed by atoms with E-state index in [1.807, 2.05) is 50.3 Å². The molecule has 26 heavy (non-hydrogen) atoms. The van der Waals surface area contributed by atoms with Crippen molar-refractivity contribution in [2.75, 3.05) is 6.54 Å². The molecule has 0 fully saturated rings. The monoisotopic (exact) mass is 348 g/mol. The maximum atomic E-state index is 12.2. The van der Waals surface area contributed by atoms with Crippen molar-refractivity contribution in [2.24, 2.45) is 10.9 Å². The number of fused-ring (bicyclic) bond motifs is 1. The van der Waals surface area contributed by atoms with Crippen molar-refractivity contribution in [2.45, 2.75) is 33.6 Å². The summed E-state index contributed by atoms with van der Waals surface area (Å²) in [5, 5.41) is 4.66. The highest BCUT2D eigenvalue weighted by atomic mass is 16.2. The van der Waals surface area contributed by atoms with Gasteiger partial charge in [0, 0.05) is 6.54 Å². The zero-order valence-corrected chi connectivity index (χ0v) is 15.5. The highest BCUT2D eigenvalue weighted by Crippen LogP contribution is 2.10. The second-order valence-corrected chi connectivity index (χ2v) is 7.02. The second-order valence-electron chi connectivity index (χ2n) is 7.02. The average Bonchev–Trinajstić information content (AvgIpc) is 2.57. The zero-order valence-electron chi connectivity index (χ0n) is 15.5. The molecule has 0 radical (unpaired) electrons. The predicted molar refractivity (Wildman–Crippen MR) is 102 cm³/mol. The van der Waals surface area contributed by atoms with E-state index in [0.717, 1.165) is 27.3 Å². The van der Waals surface area contributed by atoms with Gasteiger partial charge in [-0.25, -0.2) is 4.99 Å². The topological polar surface area (TPSA) is 58.5 Å². The average molecular weight is 348 g/mol. The summed E-state index contributed by atoms with van der Waals surface area (Å²) in [6.45, 7) is 6.55. The molecule has 0 aliphatic carbocycles. The number of nitrogens with zero attached hydrogens (tertiary/aromatic N) is 1. The first-order valence-electron chi connectivity index (χ1n) is 8.96. The second kappa shape index (κ2) is 7.65. The fourth-order valence-electron chi connectivity index (χ4n) is 3.19. The number of benzene rings is 2. The van der Waals surface area contributed by atoms with Crippen LogP contribution in [0.1, 0.15) is 28.7 Å². The molecule has 2 aromatic carbocycles. The van der Waals surface area contributed by atoms with Gasteiger partial charge in [0.15, 0.2) is 0 Å². The van der Waals surface area contributed by atoms with E-state index in [1.54, 1.807) is 0 Å². The van der Waals surface area contributed by atoms with Crippen molar-refractivity contribution in [3.05, 3.63) is 69.2 Å². The molecule has 1 atom stereocenters. The van der Waals surface area contributed by atoms with Crippen LogP contribution < -0.4 is 15.9 Å². The van der Waals surface area contributed by atoms with Gasteiger partial charge in [0.25, 0.3) is 5.91 Å². The number of carbonyl (C=O) groups is 2. The highest BCUT2D eigenvalue weighted by molar-refractivity contribution is 5.86. The molecule has 1 heterocycles. The first-order chi connectivity index (χ1) is 12.4. The Morgan fingerprint density at radius 1 is 1.12 bits per heavy atom. The SMILES string of the molecule is Cc1cccc(CC(=O)NCCC2C=c3cc(C)c(C)cc3=NC2=O)c1. The number of rotatable bonds is 5. The minimum absolute atomic E-state index is 0.0253. The standard InChI is InChI=1S/C22H24N2O2/c1-14-5-4-6-17(9-14)12-21(25)23-8-7-18-13-19-10-15(2)16(3)11-20(19)24-22(18)26/h4-6,9-11,13,18H,7-8,12H2,1-3H3,(H,23,25). The van der Waals surface area contributed by atoms with Gasteiger partial charge in [-0.1, -0.05) is 35.9 Å². The van der Waals surface area contributed by atoms with Crippen molar-refractivity contribution in [3.63, 3.8) is 0 Å². The summed E-state index contributed by atoms with van der Waals surface area (Å²) in [5.41, 5.74) is 4.46. The van der Waals surface area contributed by atoms with Crippen LogP contribution in [0.4, 0.5) is 0 Å². The lowest BCUT2D eigenvalue weighted by Crippen LogP contribution is -2.36. The molecule has 1 unspecified atom stereocenters. The predicted octanol–water partition coefficient (Wildman–Crippen LogP) is 1.92. The Morgan fingerprint density at radius 3 is 2.65 bits per heavy atom. The molecule has 134 valence electrons. The van der Waals surface area contributed by atoms with E-state index in [1.165, 1.54) is 5.56 Å². The van der Waals surface area contributed by atoms with E-state index in [9.17, 15) is 9.59 Å². The van der Waals surface area contributed by atoms with Crippen LogP contribution in [0.5, 0.6) is 0 Å². The quantitative estimate of drug-likeness (QED) is 0.897. The van der Waals surface area contributed by atoms with Crippen LogP contribution in [0.2, 0.25) is 0 Å². The lowest BCUT2D eigenvalue weighted by atomic mass is 9.98. The molecule has 4 heteroatoms. The van der Waals surface area contributed by atoms with Gasteiger partial charge in [-0.15, -0.1) is 0 Å². The van der Waals surface area contributed by atoms with Crippen LogP contribution in [0.3, 0.4) is 0 Å². The minimum atomic E-state index is -0.274. The van der Waals surface area contributed by atoms with Gasteiger partial charge in [-0.05, 0) is 61.2 Å². The van der Waals surface area contributed by atoms with E-state index in [2.05, 4.69) is 23.3 Å². The Hall–Kier alpha value is -2.75. The highest BCUT2D eigenvalue weighted by Gasteiger charge is 2.18. The summed E-state index contributed by atoms with van der Waals surface area (Å²) in [7, 11) is 0. The van der Waals surface area contributed by atoms with E-state index in [0.29, 0.717) is 19.4 Å². The van der Waals surface area contributed by atoms with Crippen molar-refractivity contribution < 1.29 is 9.59 Å². The maximum Gasteiger partial charge on any atom is 0.253 e. The minimum Gasteiger partial charge on any atom is -0.356 e. The van der Waals surface area contributed by atoms with Crippen molar-refractivity contribution in [1.29, 1.82) is 0 Å².